The Labute approximate surface area is 359 Å². The van der Waals surface area contributed by atoms with E-state index < -0.39 is 41.6 Å². The zero-order valence-corrected chi connectivity index (χ0v) is 36.4. The lowest BCUT2D eigenvalue weighted by molar-refractivity contribution is -0.132. The number of aromatic nitrogens is 2. The number of hydrazine groups is 1. The summed E-state index contributed by atoms with van der Waals surface area (Å²) in [7, 11) is 0. The molecule has 5 N–H and O–H groups in total. The third-order valence-corrected chi connectivity index (χ3v) is 11.1. The molecule has 0 aliphatic carbocycles. The maximum Gasteiger partial charge on any atom is 0.405 e. The first-order valence-corrected chi connectivity index (χ1v) is 21.1. The second-order valence-corrected chi connectivity index (χ2v) is 17.3. The number of aliphatic hydroxyl groups is 1. The highest BCUT2D eigenvalue weighted by Gasteiger charge is 2.41. The zero-order valence-electron chi connectivity index (χ0n) is 36.4. The maximum absolute atomic E-state index is 14.6. The van der Waals surface area contributed by atoms with Crippen LogP contribution in [0.5, 0.6) is 0 Å². The second-order valence-electron chi connectivity index (χ2n) is 17.3. The van der Waals surface area contributed by atoms with Crippen molar-refractivity contribution in [2.45, 2.75) is 105 Å². The molecule has 2 aromatic heterocycles. The van der Waals surface area contributed by atoms with E-state index in [0.29, 0.717) is 26.1 Å². The van der Waals surface area contributed by atoms with Crippen molar-refractivity contribution in [3.63, 3.8) is 0 Å². The molecule has 14 nitrogen and oxygen atoms in total. The van der Waals surface area contributed by atoms with Crippen molar-refractivity contribution in [2.24, 2.45) is 11.3 Å². The van der Waals surface area contributed by atoms with E-state index in [1.54, 1.807) is 41.8 Å². The summed E-state index contributed by atoms with van der Waals surface area (Å²) in [5.74, 6) is -0.952. The molecule has 5 amide bonds. The number of pyridine rings is 2. The van der Waals surface area contributed by atoms with Crippen LogP contribution in [0.1, 0.15) is 83.3 Å². The number of nitrogens with one attached hydrogen (secondary N) is 3. The molecular weight excluding hydrogens is 773 g/mol. The maximum atomic E-state index is 14.6. The predicted molar refractivity (Wildman–Crippen MR) is 235 cm³/mol. The fraction of sp³-hybridized carbons (Fsp3) is 0.447. The quantitative estimate of drug-likeness (QED) is 0.0686. The molecule has 2 aromatic carbocycles. The largest absolute Gasteiger partial charge is 0.465 e. The molecule has 1 fully saturated rings. The molecule has 61 heavy (non-hydrogen) atoms. The number of carboxylic acid groups (broad SMARTS) is 1. The molecule has 1 aliphatic rings. The van der Waals surface area contributed by atoms with Crippen molar-refractivity contribution < 1.29 is 29.4 Å². The van der Waals surface area contributed by atoms with Gasteiger partial charge in [-0.25, -0.2) is 14.6 Å². The molecule has 1 saturated heterocycles. The van der Waals surface area contributed by atoms with Crippen LogP contribution in [0.25, 0.3) is 11.3 Å². The number of benzene rings is 2. The Kier molecular flexibility index (Phi) is 16.0. The minimum atomic E-state index is -1.34. The molecule has 3 heterocycles. The molecule has 0 saturated carbocycles. The fourth-order valence-electron chi connectivity index (χ4n) is 7.52. The van der Waals surface area contributed by atoms with Gasteiger partial charge in [0.25, 0.3) is 5.91 Å². The minimum Gasteiger partial charge on any atom is -0.465 e. The summed E-state index contributed by atoms with van der Waals surface area (Å²) in [4.78, 5) is 66.8. The Balaban J connectivity index is 1.40. The van der Waals surface area contributed by atoms with Gasteiger partial charge in [0.1, 0.15) is 12.1 Å². The summed E-state index contributed by atoms with van der Waals surface area (Å²) in [6.45, 7) is 14.5. The number of carbonyl (C=O) groups excluding carboxylic acids is 3. The SMILES string of the molecule is CC[C@H](C)[C@@H](C(=O)N[C@@H](Cc1ccccc1)[C@@H](O)CN(Cc1ccc(-c2ccccn2)cc1)NC(=O)[C@@H](NC(=O)O)C(C)(C)C)N1CCN(Cc2cccc(C(C)C)n2)C1=O. The van der Waals surface area contributed by atoms with Gasteiger partial charge >= 0.3 is 12.1 Å². The molecule has 326 valence electrons. The average Bonchev–Trinajstić information content (AvgIpc) is 3.58. The van der Waals surface area contributed by atoms with Crippen LogP contribution in [0.2, 0.25) is 0 Å². The number of hydrogen-bond donors (Lipinski definition) is 5. The van der Waals surface area contributed by atoms with Gasteiger partial charge < -0.3 is 30.6 Å². The number of rotatable bonds is 19. The Hall–Kier alpha value is -5.86. The highest BCUT2D eigenvalue weighted by molar-refractivity contribution is 5.88. The van der Waals surface area contributed by atoms with Gasteiger partial charge in [0.2, 0.25) is 5.91 Å². The highest BCUT2D eigenvalue weighted by Crippen LogP contribution is 2.25. The van der Waals surface area contributed by atoms with E-state index in [2.05, 4.69) is 34.9 Å². The lowest BCUT2D eigenvalue weighted by atomic mass is 9.86. The van der Waals surface area contributed by atoms with Gasteiger partial charge in [-0.15, -0.1) is 0 Å². The molecule has 5 atom stereocenters. The van der Waals surface area contributed by atoms with Crippen molar-refractivity contribution in [1.29, 1.82) is 0 Å². The summed E-state index contributed by atoms with van der Waals surface area (Å²) in [5.41, 5.74) is 7.19. The van der Waals surface area contributed by atoms with Crippen molar-refractivity contribution in [2.75, 3.05) is 19.6 Å². The Bertz CT molecular complexity index is 2060. The normalized spacial score (nSPS) is 15.6. The first kappa shape index (κ1) is 46.2. The van der Waals surface area contributed by atoms with E-state index in [1.807, 2.05) is 105 Å². The Morgan fingerprint density at radius 3 is 2.18 bits per heavy atom. The number of amides is 5. The van der Waals surface area contributed by atoms with Crippen LogP contribution in [0, 0.1) is 11.3 Å². The van der Waals surface area contributed by atoms with E-state index in [-0.39, 0.29) is 43.3 Å². The van der Waals surface area contributed by atoms with Gasteiger partial charge in [0.15, 0.2) is 0 Å². The van der Waals surface area contributed by atoms with Crippen LogP contribution in [0.15, 0.2) is 97.2 Å². The number of carbonyl (C=O) groups is 4. The molecule has 0 bridgehead atoms. The van der Waals surface area contributed by atoms with E-state index in [4.69, 9.17) is 4.98 Å². The van der Waals surface area contributed by atoms with Gasteiger partial charge in [-0.3, -0.25) is 25.0 Å². The standard InChI is InChI=1S/C47H62N8O6/c1-8-32(4)41(55-26-25-53(46(55)61)29-36-17-14-19-37(49-36)31(2)3)43(57)50-39(27-33-15-10-9-11-16-33)40(56)30-54(52-44(58)42(47(5,6)7)51-45(59)60)28-34-20-22-35(23-21-34)38-18-12-13-24-48-38/h9-24,31-32,39-42,51,56H,8,25-30H2,1-7H3,(H,50,57)(H,52,58)(H,59,60)/t32-,39-,40-,41-,42+/m0/s1. The number of nitrogens with zero attached hydrogens (tertiary/aromatic N) is 5. The predicted octanol–water partition coefficient (Wildman–Crippen LogP) is 6.22. The molecule has 4 aromatic rings. The van der Waals surface area contributed by atoms with Crippen LogP contribution in [-0.4, -0.2) is 103 Å². The smallest absolute Gasteiger partial charge is 0.405 e. The van der Waals surface area contributed by atoms with E-state index in [1.165, 1.54) is 0 Å². The van der Waals surface area contributed by atoms with E-state index >= 15 is 0 Å². The molecule has 0 spiro atoms. The van der Waals surface area contributed by atoms with Gasteiger partial charge in [-0.2, -0.15) is 0 Å². The van der Waals surface area contributed by atoms with Gasteiger partial charge in [0, 0.05) is 43.6 Å². The Morgan fingerprint density at radius 1 is 0.852 bits per heavy atom. The van der Waals surface area contributed by atoms with Gasteiger partial charge in [-0.05, 0) is 59.1 Å². The summed E-state index contributed by atoms with van der Waals surface area (Å²) >= 11 is 0. The molecular formula is C47H62N8O6. The van der Waals surface area contributed by atoms with Crippen LogP contribution in [0.4, 0.5) is 9.59 Å². The lowest BCUT2D eigenvalue weighted by Crippen LogP contribution is -2.60. The first-order chi connectivity index (χ1) is 29.0. The number of urea groups is 1. The molecule has 1 aliphatic heterocycles. The van der Waals surface area contributed by atoms with Gasteiger partial charge in [0.05, 0.1) is 30.1 Å². The average molecular weight is 835 g/mol. The van der Waals surface area contributed by atoms with Crippen molar-refractivity contribution in [3.05, 3.63) is 120 Å². The molecule has 5 rings (SSSR count). The molecule has 0 radical (unpaired) electrons. The highest BCUT2D eigenvalue weighted by atomic mass is 16.4. The summed E-state index contributed by atoms with van der Waals surface area (Å²) in [6.07, 6.45) is 0.0252. The Morgan fingerprint density at radius 2 is 1.56 bits per heavy atom. The minimum absolute atomic E-state index is 0.137. The number of hydrogen-bond acceptors (Lipinski definition) is 8. The van der Waals surface area contributed by atoms with Crippen LogP contribution >= 0.6 is 0 Å². The molecule has 0 unspecified atom stereocenters. The lowest BCUT2D eigenvalue weighted by Gasteiger charge is -2.36. The van der Waals surface area contributed by atoms with E-state index in [9.17, 15) is 29.4 Å². The summed E-state index contributed by atoms with van der Waals surface area (Å²) in [5, 5.41) is 28.8. The van der Waals surface area contributed by atoms with E-state index in [0.717, 1.165) is 33.8 Å². The number of aliphatic hydroxyl groups excluding tert-OH is 1. The topological polar surface area (TPSA) is 180 Å². The second kappa shape index (κ2) is 21.1. The van der Waals surface area contributed by atoms with Crippen LogP contribution in [-0.2, 0) is 29.1 Å². The zero-order chi connectivity index (χ0) is 44.3. The fourth-order valence-corrected chi connectivity index (χ4v) is 7.52. The van der Waals surface area contributed by atoms with Crippen molar-refractivity contribution in [3.8, 4) is 11.3 Å². The third-order valence-electron chi connectivity index (χ3n) is 11.1. The summed E-state index contributed by atoms with van der Waals surface area (Å²) < 4.78 is 0. The summed E-state index contributed by atoms with van der Waals surface area (Å²) in [6, 6.07) is 25.6. The van der Waals surface area contributed by atoms with Crippen molar-refractivity contribution in [1.82, 2.24) is 40.8 Å². The van der Waals surface area contributed by atoms with Crippen LogP contribution < -0.4 is 16.1 Å². The monoisotopic (exact) mass is 834 g/mol. The third kappa shape index (κ3) is 12.8. The van der Waals surface area contributed by atoms with Crippen molar-refractivity contribution >= 4 is 23.9 Å². The van der Waals surface area contributed by atoms with Gasteiger partial charge in [-0.1, -0.05) is 122 Å². The first-order valence-electron chi connectivity index (χ1n) is 21.1. The van der Waals surface area contributed by atoms with Crippen LogP contribution in [0.3, 0.4) is 0 Å². The molecule has 14 heteroatoms.